The van der Waals surface area contributed by atoms with Gasteiger partial charge in [0, 0.05) is 13.1 Å². The molecule has 9 heteroatoms. The summed E-state index contributed by atoms with van der Waals surface area (Å²) in [6, 6.07) is 3.51. The molecule has 1 aliphatic heterocycles. The van der Waals surface area contributed by atoms with Crippen molar-refractivity contribution in [1.82, 2.24) is 19.3 Å². The van der Waals surface area contributed by atoms with E-state index in [0.717, 1.165) is 0 Å². The highest BCUT2D eigenvalue weighted by molar-refractivity contribution is 7.91. The molecule has 1 N–H and O–H groups in total. The van der Waals surface area contributed by atoms with Gasteiger partial charge >= 0.3 is 0 Å². The van der Waals surface area contributed by atoms with Crippen molar-refractivity contribution in [2.45, 2.75) is 29.7 Å². The minimum atomic E-state index is -3.36. The molecular formula is C12H16N4O3S2. The van der Waals surface area contributed by atoms with Gasteiger partial charge in [-0.05, 0) is 24.3 Å². The van der Waals surface area contributed by atoms with Crippen LogP contribution in [-0.2, 0) is 16.6 Å². The van der Waals surface area contributed by atoms with E-state index in [1.54, 1.807) is 28.4 Å². The van der Waals surface area contributed by atoms with Gasteiger partial charge in [0.15, 0.2) is 0 Å². The number of hydrogen-bond acceptors (Lipinski definition) is 6. The van der Waals surface area contributed by atoms with Crippen LogP contribution in [0.1, 0.15) is 24.6 Å². The van der Waals surface area contributed by atoms with E-state index in [0.29, 0.717) is 35.8 Å². The Balaban J connectivity index is 1.68. The third-order valence-electron chi connectivity index (χ3n) is 3.61. The van der Waals surface area contributed by atoms with Gasteiger partial charge in [-0.3, -0.25) is 0 Å². The van der Waals surface area contributed by atoms with Crippen molar-refractivity contribution in [2.75, 3.05) is 13.1 Å². The van der Waals surface area contributed by atoms with Crippen LogP contribution in [0, 0.1) is 0 Å². The van der Waals surface area contributed by atoms with Crippen LogP contribution in [0.2, 0.25) is 0 Å². The van der Waals surface area contributed by atoms with Crippen molar-refractivity contribution in [1.29, 1.82) is 0 Å². The Morgan fingerprint density at radius 2 is 2.14 bits per heavy atom. The fourth-order valence-electron chi connectivity index (χ4n) is 2.45. The molecule has 21 heavy (non-hydrogen) atoms. The Labute approximate surface area is 126 Å². The van der Waals surface area contributed by atoms with Gasteiger partial charge in [0.25, 0.3) is 10.0 Å². The Bertz CT molecular complexity index is 688. The topological polar surface area (TPSA) is 88.3 Å². The third-order valence-corrected chi connectivity index (χ3v) is 6.88. The molecule has 114 valence electrons. The van der Waals surface area contributed by atoms with Gasteiger partial charge in [-0.2, -0.15) is 4.31 Å². The van der Waals surface area contributed by atoms with Crippen LogP contribution in [0.3, 0.4) is 0 Å². The fourth-order valence-corrected chi connectivity index (χ4v) is 5.06. The summed E-state index contributed by atoms with van der Waals surface area (Å²) in [5, 5.41) is 18.6. The van der Waals surface area contributed by atoms with Crippen LogP contribution in [-0.4, -0.2) is 45.9 Å². The molecule has 3 rings (SSSR count). The molecule has 0 aliphatic carbocycles. The van der Waals surface area contributed by atoms with Gasteiger partial charge in [-0.25, -0.2) is 13.1 Å². The molecular weight excluding hydrogens is 312 g/mol. The molecule has 0 amide bonds. The minimum absolute atomic E-state index is 0.132. The van der Waals surface area contributed by atoms with Crippen molar-refractivity contribution >= 4 is 21.4 Å². The van der Waals surface area contributed by atoms with E-state index in [1.165, 1.54) is 15.6 Å². The molecule has 0 bridgehead atoms. The molecule has 0 unspecified atom stereocenters. The summed E-state index contributed by atoms with van der Waals surface area (Å²) in [6.07, 6.45) is 3.10. The molecule has 2 aromatic heterocycles. The van der Waals surface area contributed by atoms with Crippen LogP contribution in [0.25, 0.3) is 0 Å². The van der Waals surface area contributed by atoms with Crippen molar-refractivity contribution < 1.29 is 13.5 Å². The molecule has 0 saturated carbocycles. The lowest BCUT2D eigenvalue weighted by molar-refractivity contribution is 0.258. The molecule has 0 spiro atoms. The molecule has 7 nitrogen and oxygen atoms in total. The van der Waals surface area contributed by atoms with Gasteiger partial charge in [0.2, 0.25) is 0 Å². The first kappa shape index (κ1) is 14.6. The molecule has 3 heterocycles. The number of sulfonamides is 1. The summed E-state index contributed by atoms with van der Waals surface area (Å²) in [4.78, 5) is 0. The van der Waals surface area contributed by atoms with Crippen LogP contribution in [0.5, 0.6) is 0 Å². The number of piperidine rings is 1. The summed E-state index contributed by atoms with van der Waals surface area (Å²) < 4.78 is 28.5. The molecule has 0 aromatic carbocycles. The lowest BCUT2D eigenvalue weighted by Crippen LogP contribution is -2.38. The maximum absolute atomic E-state index is 12.4. The Hall–Kier alpha value is -1.29. The second-order valence-corrected chi connectivity index (χ2v) is 8.03. The third kappa shape index (κ3) is 2.86. The predicted molar refractivity (Wildman–Crippen MR) is 77.3 cm³/mol. The van der Waals surface area contributed by atoms with E-state index in [4.69, 9.17) is 5.11 Å². The minimum Gasteiger partial charge on any atom is -0.390 e. The van der Waals surface area contributed by atoms with Crippen LogP contribution in [0.15, 0.2) is 27.9 Å². The predicted octanol–water partition coefficient (Wildman–Crippen LogP) is 0.858. The summed E-state index contributed by atoms with van der Waals surface area (Å²) in [7, 11) is -3.36. The fraction of sp³-hybridized carbons (Fsp3) is 0.500. The van der Waals surface area contributed by atoms with Crippen molar-refractivity contribution in [3.8, 4) is 0 Å². The molecule has 1 aliphatic rings. The first-order chi connectivity index (χ1) is 10.1. The van der Waals surface area contributed by atoms with Gasteiger partial charge in [0.05, 0.1) is 18.8 Å². The monoisotopic (exact) mass is 328 g/mol. The van der Waals surface area contributed by atoms with E-state index in [1.807, 2.05) is 0 Å². The standard InChI is InChI=1S/C12H16N4O3S2/c17-9-10-8-16(14-13-10)11-3-5-15(6-4-11)21(18,19)12-2-1-7-20-12/h1-2,7-8,11,17H,3-6,9H2. The molecule has 0 radical (unpaired) electrons. The Morgan fingerprint density at radius 1 is 1.38 bits per heavy atom. The summed E-state index contributed by atoms with van der Waals surface area (Å²) in [5.41, 5.74) is 0.531. The maximum atomic E-state index is 12.4. The number of nitrogens with zero attached hydrogens (tertiary/aromatic N) is 4. The zero-order valence-corrected chi connectivity index (χ0v) is 12.9. The van der Waals surface area contributed by atoms with Crippen molar-refractivity contribution in [3.63, 3.8) is 0 Å². The number of aliphatic hydroxyl groups excluding tert-OH is 1. The normalized spacial score (nSPS) is 18.1. The van der Waals surface area contributed by atoms with E-state index in [9.17, 15) is 8.42 Å². The van der Waals surface area contributed by atoms with Crippen LogP contribution in [0.4, 0.5) is 0 Å². The maximum Gasteiger partial charge on any atom is 0.252 e. The molecule has 0 atom stereocenters. The second kappa shape index (κ2) is 5.84. The average Bonchev–Trinajstić information content (AvgIpc) is 3.19. The van der Waals surface area contributed by atoms with Gasteiger partial charge in [-0.1, -0.05) is 11.3 Å². The number of thiophene rings is 1. The SMILES string of the molecule is O=S(=O)(c1cccs1)N1CCC(n2cc(CO)nn2)CC1. The summed E-state index contributed by atoms with van der Waals surface area (Å²) >= 11 is 1.24. The number of aliphatic hydroxyl groups is 1. The largest absolute Gasteiger partial charge is 0.390 e. The van der Waals surface area contributed by atoms with Gasteiger partial charge in [-0.15, -0.1) is 16.4 Å². The van der Waals surface area contributed by atoms with E-state index in [2.05, 4.69) is 10.3 Å². The van der Waals surface area contributed by atoms with Crippen molar-refractivity contribution in [3.05, 3.63) is 29.4 Å². The van der Waals surface area contributed by atoms with E-state index >= 15 is 0 Å². The van der Waals surface area contributed by atoms with Crippen molar-refractivity contribution in [2.24, 2.45) is 0 Å². The zero-order chi connectivity index (χ0) is 14.9. The lowest BCUT2D eigenvalue weighted by atomic mass is 10.1. The highest BCUT2D eigenvalue weighted by Crippen LogP contribution is 2.28. The van der Waals surface area contributed by atoms with E-state index < -0.39 is 10.0 Å². The number of rotatable bonds is 4. The van der Waals surface area contributed by atoms with E-state index in [-0.39, 0.29) is 12.6 Å². The number of hydrogen-bond donors (Lipinski definition) is 1. The van der Waals surface area contributed by atoms with Crippen LogP contribution >= 0.6 is 11.3 Å². The Kier molecular flexibility index (Phi) is 4.07. The first-order valence-electron chi connectivity index (χ1n) is 6.66. The average molecular weight is 328 g/mol. The Morgan fingerprint density at radius 3 is 2.71 bits per heavy atom. The van der Waals surface area contributed by atoms with Crippen LogP contribution < -0.4 is 0 Å². The number of aromatic nitrogens is 3. The first-order valence-corrected chi connectivity index (χ1v) is 8.98. The quantitative estimate of drug-likeness (QED) is 0.899. The molecule has 1 fully saturated rings. The lowest BCUT2D eigenvalue weighted by Gasteiger charge is -2.30. The molecule has 1 saturated heterocycles. The summed E-state index contributed by atoms with van der Waals surface area (Å²) in [6.45, 7) is 0.810. The molecule has 2 aromatic rings. The smallest absolute Gasteiger partial charge is 0.252 e. The van der Waals surface area contributed by atoms with Gasteiger partial charge < -0.3 is 5.11 Å². The second-order valence-electron chi connectivity index (χ2n) is 4.92. The zero-order valence-electron chi connectivity index (χ0n) is 11.3. The highest BCUT2D eigenvalue weighted by atomic mass is 32.2. The highest BCUT2D eigenvalue weighted by Gasteiger charge is 2.30. The van der Waals surface area contributed by atoms with Gasteiger partial charge in [0.1, 0.15) is 9.90 Å². The summed E-state index contributed by atoms with van der Waals surface area (Å²) in [5.74, 6) is 0.